The van der Waals surface area contributed by atoms with E-state index < -0.39 is 0 Å². The maximum Gasteiger partial charge on any atom is 0.323 e. The lowest BCUT2D eigenvalue weighted by Crippen LogP contribution is -2.89. The van der Waals surface area contributed by atoms with Crippen molar-refractivity contribution < 1.29 is 19.6 Å². The molecule has 0 aromatic carbocycles. The Morgan fingerprint density at radius 1 is 1.00 bits per heavy atom. The predicted molar refractivity (Wildman–Crippen MR) is 124 cm³/mol. The number of quaternary nitrogens is 1. The summed E-state index contributed by atoms with van der Waals surface area (Å²) in [6.45, 7) is 5.72. The molecule has 2 saturated carbocycles. The molecule has 7 nitrogen and oxygen atoms in total. The normalized spacial score (nSPS) is 38.8. The summed E-state index contributed by atoms with van der Waals surface area (Å²) < 4.78 is 5.21. The van der Waals surface area contributed by atoms with Crippen LogP contribution in [0.15, 0.2) is 0 Å². The molecule has 4 aliphatic rings. The number of amides is 1. The minimum Gasteiger partial charge on any atom is -0.468 e. The summed E-state index contributed by atoms with van der Waals surface area (Å²) in [5.74, 6) is 1.33. The molecule has 0 aromatic heterocycles. The minimum absolute atomic E-state index is 0.0680. The number of hydrogen-bond acceptors (Lipinski definition) is 5. The molecule has 2 heterocycles. The Morgan fingerprint density at radius 2 is 1.62 bits per heavy atom. The van der Waals surface area contributed by atoms with Gasteiger partial charge >= 0.3 is 5.97 Å². The Balaban J connectivity index is 1.35. The van der Waals surface area contributed by atoms with Gasteiger partial charge in [0.2, 0.25) is 5.91 Å². The van der Waals surface area contributed by atoms with Gasteiger partial charge in [-0.3, -0.25) is 14.5 Å². The van der Waals surface area contributed by atoms with Gasteiger partial charge in [-0.15, -0.1) is 11.6 Å². The maximum absolute atomic E-state index is 12.7. The molecular weight excluding hydrogens is 428 g/mol. The second-order valence-electron chi connectivity index (χ2n) is 10.7. The summed E-state index contributed by atoms with van der Waals surface area (Å²) >= 11 is 6.32. The molecule has 4 fully saturated rings. The monoisotopic (exact) mass is 469 g/mol. The molecule has 3 atom stereocenters. The number of esters is 1. The molecule has 4 rings (SSSR count). The number of carbonyl (C=O) groups excluding carboxylic acids is 2. The smallest absolute Gasteiger partial charge is 0.323 e. The third-order valence-electron chi connectivity index (χ3n) is 8.45. The number of piperidine rings is 1. The van der Waals surface area contributed by atoms with Crippen molar-refractivity contribution in [3.8, 4) is 0 Å². The summed E-state index contributed by atoms with van der Waals surface area (Å²) in [6, 6.07) is 1.18. The van der Waals surface area contributed by atoms with Crippen LogP contribution in [0.1, 0.15) is 64.7 Å². The number of nitrogens with one attached hydrogen (secondary N) is 1. The molecule has 2 unspecified atom stereocenters. The second kappa shape index (κ2) is 11.0. The number of carbonyl (C=O) groups is 2. The molecule has 0 bridgehead atoms. The largest absolute Gasteiger partial charge is 0.468 e. The van der Waals surface area contributed by atoms with Gasteiger partial charge in [0.1, 0.15) is 18.8 Å². The quantitative estimate of drug-likeness (QED) is 0.453. The highest BCUT2D eigenvalue weighted by Gasteiger charge is 2.48. The topological polar surface area (TPSA) is 78.5 Å². The van der Waals surface area contributed by atoms with Crippen LogP contribution in [0.2, 0.25) is 0 Å². The Morgan fingerprint density at radius 3 is 2.25 bits per heavy atom. The Kier molecular flexibility index (Phi) is 8.35. The third kappa shape index (κ3) is 5.96. The van der Waals surface area contributed by atoms with Gasteiger partial charge in [0, 0.05) is 44.4 Å². The van der Waals surface area contributed by atoms with E-state index in [2.05, 4.69) is 20.4 Å². The average Bonchev–Trinajstić information content (AvgIpc) is 3.17. The molecule has 182 valence electrons. The van der Waals surface area contributed by atoms with Gasteiger partial charge in [0.05, 0.1) is 13.2 Å². The zero-order valence-electron chi connectivity index (χ0n) is 19.8. The van der Waals surface area contributed by atoms with Crippen molar-refractivity contribution in [3.63, 3.8) is 0 Å². The Labute approximate surface area is 197 Å². The molecule has 32 heavy (non-hydrogen) atoms. The number of fused-ring (bicyclic) bond motifs is 1. The zero-order chi connectivity index (χ0) is 22.7. The SMILES string of the molecule is COC(=O)[C@@H]1CC2[NH2+]CN(CC3CCC(Cl)CC3)C2CN1CC1CCC(NC(C)=O)CC1. The number of hydrogen-bond donors (Lipinski definition) is 2. The van der Waals surface area contributed by atoms with E-state index in [0.29, 0.717) is 29.4 Å². The number of nitrogens with zero attached hydrogens (tertiary/aromatic N) is 2. The summed E-state index contributed by atoms with van der Waals surface area (Å²) in [7, 11) is 1.52. The standard InChI is InChI=1S/C24H41ClN4O3/c1-16(30)27-20-9-5-18(6-10-20)12-28-14-23-21(11-22(28)24(31)32-2)26-15-29(23)13-17-3-7-19(25)8-4-17/h17-23,26H,3-15H2,1-2H3,(H,27,30)/p+1/t17?,18?,19?,20?,21?,22-,23?/m0/s1. The van der Waals surface area contributed by atoms with Crippen molar-refractivity contribution >= 4 is 23.5 Å². The number of methoxy groups -OCH3 is 1. The van der Waals surface area contributed by atoms with Crippen LogP contribution >= 0.6 is 11.6 Å². The lowest BCUT2D eigenvalue weighted by Gasteiger charge is -2.43. The fourth-order valence-corrected chi connectivity index (χ4v) is 6.90. The first-order valence-electron chi connectivity index (χ1n) is 12.7. The van der Waals surface area contributed by atoms with Crippen molar-refractivity contribution in [1.29, 1.82) is 0 Å². The fraction of sp³-hybridized carbons (Fsp3) is 0.917. The lowest BCUT2D eigenvalue weighted by atomic mass is 9.84. The van der Waals surface area contributed by atoms with Crippen molar-refractivity contribution in [2.45, 2.75) is 94.3 Å². The summed E-state index contributed by atoms with van der Waals surface area (Å²) in [4.78, 5) is 29.1. The van der Waals surface area contributed by atoms with Gasteiger partial charge in [0.15, 0.2) is 0 Å². The lowest BCUT2D eigenvalue weighted by molar-refractivity contribution is -0.678. The molecule has 2 aliphatic carbocycles. The van der Waals surface area contributed by atoms with Gasteiger partial charge in [-0.2, -0.15) is 0 Å². The van der Waals surface area contributed by atoms with E-state index in [0.717, 1.165) is 70.6 Å². The van der Waals surface area contributed by atoms with Crippen LogP contribution in [0.25, 0.3) is 0 Å². The van der Waals surface area contributed by atoms with E-state index in [-0.39, 0.29) is 17.9 Å². The number of nitrogens with two attached hydrogens (primary N) is 1. The first kappa shape index (κ1) is 24.2. The second-order valence-corrected chi connectivity index (χ2v) is 11.3. The molecule has 3 N–H and O–H groups in total. The minimum atomic E-state index is -0.128. The van der Waals surface area contributed by atoms with E-state index in [1.54, 1.807) is 6.92 Å². The van der Waals surface area contributed by atoms with E-state index >= 15 is 0 Å². The molecule has 0 aromatic rings. The van der Waals surface area contributed by atoms with E-state index in [9.17, 15) is 9.59 Å². The number of alkyl halides is 1. The molecule has 0 radical (unpaired) electrons. The predicted octanol–water partition coefficient (Wildman–Crippen LogP) is 1.30. The maximum atomic E-state index is 12.7. The van der Waals surface area contributed by atoms with E-state index in [1.165, 1.54) is 26.5 Å². The fourth-order valence-electron chi connectivity index (χ4n) is 6.65. The van der Waals surface area contributed by atoms with Gasteiger partial charge in [0.25, 0.3) is 0 Å². The van der Waals surface area contributed by atoms with Crippen LogP contribution in [0.5, 0.6) is 0 Å². The van der Waals surface area contributed by atoms with Gasteiger partial charge in [-0.25, -0.2) is 4.90 Å². The van der Waals surface area contributed by atoms with Crippen LogP contribution < -0.4 is 10.6 Å². The highest BCUT2D eigenvalue weighted by molar-refractivity contribution is 6.20. The van der Waals surface area contributed by atoms with E-state index in [4.69, 9.17) is 16.3 Å². The Bertz CT molecular complexity index is 649. The summed E-state index contributed by atoms with van der Waals surface area (Å²) in [5, 5.41) is 5.89. The molecule has 0 spiro atoms. The molecule has 2 saturated heterocycles. The number of likely N-dealkylation sites (tertiary alicyclic amines) is 1. The van der Waals surface area contributed by atoms with Crippen molar-refractivity contribution in [2.24, 2.45) is 11.8 Å². The van der Waals surface area contributed by atoms with Crippen LogP contribution in [0.4, 0.5) is 0 Å². The zero-order valence-corrected chi connectivity index (χ0v) is 20.6. The number of halogens is 1. The van der Waals surface area contributed by atoms with Gasteiger partial charge in [-0.05, 0) is 63.2 Å². The van der Waals surface area contributed by atoms with Gasteiger partial charge < -0.3 is 15.4 Å². The highest BCUT2D eigenvalue weighted by atomic mass is 35.5. The highest BCUT2D eigenvalue weighted by Crippen LogP contribution is 2.32. The van der Waals surface area contributed by atoms with Gasteiger partial charge in [-0.1, -0.05) is 0 Å². The van der Waals surface area contributed by atoms with Crippen LogP contribution in [-0.4, -0.2) is 84.6 Å². The first-order valence-corrected chi connectivity index (χ1v) is 13.2. The molecule has 8 heteroatoms. The summed E-state index contributed by atoms with van der Waals surface area (Å²) in [5.41, 5.74) is 0. The molecule has 1 amide bonds. The average molecular weight is 470 g/mol. The third-order valence-corrected chi connectivity index (χ3v) is 8.89. The van der Waals surface area contributed by atoms with Crippen LogP contribution in [0, 0.1) is 11.8 Å². The summed E-state index contributed by atoms with van der Waals surface area (Å²) in [6.07, 6.45) is 9.96. The number of rotatable bonds is 6. The van der Waals surface area contributed by atoms with E-state index in [1.807, 2.05) is 0 Å². The van der Waals surface area contributed by atoms with Crippen molar-refractivity contribution in [3.05, 3.63) is 0 Å². The van der Waals surface area contributed by atoms with Crippen LogP contribution in [0.3, 0.4) is 0 Å². The number of ether oxygens (including phenoxy) is 1. The molecule has 2 aliphatic heterocycles. The first-order chi connectivity index (χ1) is 15.4. The van der Waals surface area contributed by atoms with Crippen molar-refractivity contribution in [2.75, 3.05) is 33.4 Å². The molecular formula is C24H42ClN4O3+. The van der Waals surface area contributed by atoms with Crippen LogP contribution in [-0.2, 0) is 14.3 Å². The Hall–Kier alpha value is -0.890. The van der Waals surface area contributed by atoms with Crippen molar-refractivity contribution in [1.82, 2.24) is 15.1 Å².